The third-order valence-corrected chi connectivity index (χ3v) is 5.81. The van der Waals surface area contributed by atoms with Crippen molar-refractivity contribution < 1.29 is 0 Å². The highest BCUT2D eigenvalue weighted by molar-refractivity contribution is 6.22. The third-order valence-electron chi connectivity index (χ3n) is 5.81. The molecule has 0 bridgehead atoms. The lowest BCUT2D eigenvalue weighted by molar-refractivity contribution is 1.76. The van der Waals surface area contributed by atoms with Crippen molar-refractivity contribution in [3.8, 4) is 0 Å². The standard InChI is InChI=1S/C16H9.C14H9/c1-3-11-7-9-13-5-2-6-14-10-8-12(4-1)15(11)16(13)14;1-2-6-12-10-14-8-4-3-7-13(14)9-11(12)5-1/h1-5,7-10H;1-9H. The minimum atomic E-state index is 1.19. The molecule has 0 aliphatic heterocycles. The van der Waals surface area contributed by atoms with Crippen molar-refractivity contribution in [1.29, 1.82) is 0 Å². The number of benzene rings is 7. The normalized spacial score (nSPS) is 11.3. The first kappa shape index (κ1) is 17.0. The molecule has 138 valence electrons. The summed E-state index contributed by atoms with van der Waals surface area (Å²) in [4.78, 5) is 0. The van der Waals surface area contributed by atoms with Crippen molar-refractivity contribution >= 4 is 53.9 Å². The molecule has 0 atom stereocenters. The molecule has 7 aromatic rings. The van der Waals surface area contributed by atoms with Crippen molar-refractivity contribution in [2.75, 3.05) is 0 Å². The van der Waals surface area contributed by atoms with Gasteiger partial charge in [-0.2, -0.15) is 0 Å². The summed E-state index contributed by atoms with van der Waals surface area (Å²) in [5.74, 6) is 0. The maximum Gasteiger partial charge on any atom is -0.00143 e. The van der Waals surface area contributed by atoms with Crippen LogP contribution in [0.15, 0.2) is 109 Å². The summed E-state index contributed by atoms with van der Waals surface area (Å²) in [7, 11) is 0. The summed E-state index contributed by atoms with van der Waals surface area (Å²) in [5.41, 5.74) is 0. The first-order chi connectivity index (χ1) is 14.9. The molecular formula is C30H18. The Labute approximate surface area is 175 Å². The molecule has 7 rings (SSSR count). The van der Waals surface area contributed by atoms with Gasteiger partial charge in [-0.05, 0) is 72.1 Å². The predicted molar refractivity (Wildman–Crippen MR) is 129 cm³/mol. The second-order valence-electron chi connectivity index (χ2n) is 7.64. The molecule has 0 saturated carbocycles. The minimum Gasteiger partial charge on any atom is -0.0616 e. The molecule has 30 heavy (non-hydrogen) atoms. The Morgan fingerprint density at radius 2 is 0.967 bits per heavy atom. The maximum absolute atomic E-state index is 3.41. The summed E-state index contributed by atoms with van der Waals surface area (Å²) in [6.45, 7) is 0. The van der Waals surface area contributed by atoms with Crippen molar-refractivity contribution in [2.24, 2.45) is 0 Å². The molecule has 0 heterocycles. The second-order valence-corrected chi connectivity index (χ2v) is 7.64. The van der Waals surface area contributed by atoms with Gasteiger partial charge < -0.3 is 0 Å². The molecule has 0 aromatic heterocycles. The topological polar surface area (TPSA) is 0 Å². The molecule has 0 aliphatic rings. The van der Waals surface area contributed by atoms with Crippen molar-refractivity contribution in [3.63, 3.8) is 0 Å². The van der Waals surface area contributed by atoms with Crippen LogP contribution in [-0.4, -0.2) is 0 Å². The fourth-order valence-corrected chi connectivity index (χ4v) is 4.38. The van der Waals surface area contributed by atoms with E-state index in [0.717, 1.165) is 0 Å². The molecule has 0 amide bonds. The average molecular weight is 378 g/mol. The van der Waals surface area contributed by atoms with E-state index < -0.39 is 0 Å². The summed E-state index contributed by atoms with van der Waals surface area (Å²) in [6.07, 6.45) is 0. The summed E-state index contributed by atoms with van der Waals surface area (Å²) >= 11 is 0. The van der Waals surface area contributed by atoms with E-state index in [-0.39, 0.29) is 0 Å². The molecule has 0 heteroatoms. The van der Waals surface area contributed by atoms with Gasteiger partial charge in [-0.3, -0.25) is 0 Å². The Hall–Kier alpha value is -3.90. The Balaban J connectivity index is 0.000000118. The van der Waals surface area contributed by atoms with E-state index in [9.17, 15) is 0 Å². The molecule has 0 nitrogen and oxygen atoms in total. The number of rotatable bonds is 0. The van der Waals surface area contributed by atoms with E-state index in [1.807, 2.05) is 18.2 Å². The second kappa shape index (κ2) is 6.86. The van der Waals surface area contributed by atoms with E-state index in [1.165, 1.54) is 53.9 Å². The molecule has 0 aliphatic carbocycles. The Kier molecular flexibility index (Phi) is 3.89. The number of fused-ring (bicyclic) bond motifs is 2. The van der Waals surface area contributed by atoms with E-state index >= 15 is 0 Å². The molecule has 0 spiro atoms. The van der Waals surface area contributed by atoms with Gasteiger partial charge in [0.1, 0.15) is 0 Å². The Bertz CT molecular complexity index is 1400. The van der Waals surface area contributed by atoms with Crippen LogP contribution >= 0.6 is 0 Å². The molecular weight excluding hydrogens is 360 g/mol. The van der Waals surface area contributed by atoms with Crippen LogP contribution in [0.3, 0.4) is 0 Å². The van der Waals surface area contributed by atoms with Crippen LogP contribution in [0.1, 0.15) is 0 Å². The zero-order valence-electron chi connectivity index (χ0n) is 16.4. The van der Waals surface area contributed by atoms with Gasteiger partial charge in [-0.15, -0.1) is 0 Å². The first-order valence-corrected chi connectivity index (χ1v) is 10.2. The van der Waals surface area contributed by atoms with Gasteiger partial charge >= 0.3 is 0 Å². The molecule has 0 unspecified atom stereocenters. The highest BCUT2D eigenvalue weighted by Crippen LogP contribution is 2.33. The van der Waals surface area contributed by atoms with Crippen molar-refractivity contribution in [2.45, 2.75) is 0 Å². The lowest BCUT2D eigenvalue weighted by Crippen LogP contribution is -1.82. The molecule has 0 N–H and O–H groups in total. The smallest absolute Gasteiger partial charge is 0.00143 e. The Morgan fingerprint density at radius 1 is 0.400 bits per heavy atom. The zero-order valence-corrected chi connectivity index (χ0v) is 16.4. The summed E-state index contributed by atoms with van der Waals surface area (Å²) < 4.78 is 0. The summed E-state index contributed by atoms with van der Waals surface area (Å²) in [5, 5.41) is 12.7. The fraction of sp³-hybridized carbons (Fsp3) is 0. The van der Waals surface area contributed by atoms with Crippen LogP contribution in [0.5, 0.6) is 0 Å². The molecule has 0 fully saturated rings. The molecule has 0 saturated heterocycles. The van der Waals surface area contributed by atoms with E-state index in [0.29, 0.717) is 0 Å². The number of hydrogen-bond donors (Lipinski definition) is 0. The molecule has 2 radical (unpaired) electrons. The van der Waals surface area contributed by atoms with Gasteiger partial charge in [0.2, 0.25) is 0 Å². The van der Waals surface area contributed by atoms with Gasteiger partial charge in [0.25, 0.3) is 0 Å². The van der Waals surface area contributed by atoms with Gasteiger partial charge in [-0.1, -0.05) is 103 Å². The van der Waals surface area contributed by atoms with Crippen LogP contribution in [0.25, 0.3) is 53.9 Å². The lowest BCUT2D eigenvalue weighted by atomic mass is 9.95. The predicted octanol–water partition coefficient (Wildman–Crippen LogP) is 8.18. The van der Waals surface area contributed by atoms with Gasteiger partial charge in [0, 0.05) is 0 Å². The SMILES string of the molecule is [c]1c2ccccc2cc2ccccc12.[c]1ccc2ccc3cccc4ccc1c2c43. The van der Waals surface area contributed by atoms with E-state index in [1.54, 1.807) is 0 Å². The van der Waals surface area contributed by atoms with E-state index in [4.69, 9.17) is 0 Å². The van der Waals surface area contributed by atoms with Crippen LogP contribution in [0, 0.1) is 12.1 Å². The fourth-order valence-electron chi connectivity index (χ4n) is 4.38. The van der Waals surface area contributed by atoms with Crippen molar-refractivity contribution in [3.05, 3.63) is 121 Å². The van der Waals surface area contributed by atoms with Gasteiger partial charge in [0.05, 0.1) is 0 Å². The minimum absolute atomic E-state index is 1.19. The quantitative estimate of drug-likeness (QED) is 0.184. The van der Waals surface area contributed by atoms with Crippen LogP contribution < -0.4 is 0 Å². The van der Waals surface area contributed by atoms with Gasteiger partial charge in [-0.25, -0.2) is 0 Å². The van der Waals surface area contributed by atoms with E-state index in [2.05, 4.69) is 103 Å². The maximum atomic E-state index is 3.41. The highest BCUT2D eigenvalue weighted by atomic mass is 14.1. The largest absolute Gasteiger partial charge is 0.0616 e. The van der Waals surface area contributed by atoms with Crippen LogP contribution in [-0.2, 0) is 0 Å². The van der Waals surface area contributed by atoms with Crippen LogP contribution in [0.4, 0.5) is 0 Å². The average Bonchev–Trinajstić information content (AvgIpc) is 2.82. The first-order valence-electron chi connectivity index (χ1n) is 10.2. The lowest BCUT2D eigenvalue weighted by Gasteiger charge is -2.09. The zero-order chi connectivity index (χ0) is 19.9. The third kappa shape index (κ3) is 2.77. The number of hydrogen-bond acceptors (Lipinski definition) is 0. The Morgan fingerprint density at radius 3 is 1.67 bits per heavy atom. The van der Waals surface area contributed by atoms with Crippen molar-refractivity contribution in [1.82, 2.24) is 0 Å². The summed E-state index contributed by atoms with van der Waals surface area (Å²) in [6, 6.07) is 44.9. The molecule has 7 aromatic carbocycles. The highest BCUT2D eigenvalue weighted by Gasteiger charge is 2.06. The van der Waals surface area contributed by atoms with Gasteiger partial charge in [0.15, 0.2) is 0 Å². The monoisotopic (exact) mass is 378 g/mol. The van der Waals surface area contributed by atoms with Crippen LogP contribution in [0.2, 0.25) is 0 Å².